The van der Waals surface area contributed by atoms with Gasteiger partial charge >= 0.3 is 5.97 Å². The molecule has 0 aliphatic rings. The highest BCUT2D eigenvalue weighted by Crippen LogP contribution is 2.28. The van der Waals surface area contributed by atoms with Gasteiger partial charge in [-0.2, -0.15) is 5.26 Å². The lowest BCUT2D eigenvalue weighted by Gasteiger charge is -2.21. The zero-order valence-corrected chi connectivity index (χ0v) is 11.8. The Bertz CT molecular complexity index is 703. The number of pyridine rings is 1. The quantitative estimate of drug-likeness (QED) is 0.803. The van der Waals surface area contributed by atoms with Crippen LogP contribution in [0.1, 0.15) is 25.1 Å². The first kappa shape index (κ1) is 14.0. The number of hydrogen-bond donors (Lipinski definition) is 0. The van der Waals surface area contributed by atoms with Crippen molar-refractivity contribution in [3.05, 3.63) is 41.6 Å². The predicted octanol–water partition coefficient (Wildman–Crippen LogP) is 2.89. The van der Waals surface area contributed by atoms with E-state index in [1.165, 1.54) is 0 Å². The number of esters is 1. The second-order valence-electron chi connectivity index (χ2n) is 4.80. The molecule has 0 fully saturated rings. The molecule has 1 atom stereocenters. The van der Waals surface area contributed by atoms with E-state index in [0.29, 0.717) is 5.69 Å². The molecule has 2 rings (SSSR count). The highest BCUT2D eigenvalue weighted by atomic mass is 16.5. The van der Waals surface area contributed by atoms with Gasteiger partial charge in [-0.3, -0.25) is 4.98 Å². The Morgan fingerprint density at radius 1 is 1.45 bits per heavy atom. The third-order valence-corrected chi connectivity index (χ3v) is 3.30. The highest BCUT2D eigenvalue weighted by Gasteiger charge is 2.40. The van der Waals surface area contributed by atoms with Gasteiger partial charge in [0.1, 0.15) is 0 Å². The highest BCUT2D eigenvalue weighted by molar-refractivity contribution is 5.88. The summed E-state index contributed by atoms with van der Waals surface area (Å²) in [6.07, 6.45) is 0. The van der Waals surface area contributed by atoms with Crippen molar-refractivity contribution < 1.29 is 9.53 Å². The molecule has 1 aromatic carbocycles. The first-order chi connectivity index (χ1) is 9.52. The molecule has 4 nitrogen and oxygen atoms in total. The van der Waals surface area contributed by atoms with Crippen molar-refractivity contribution in [2.24, 2.45) is 0 Å². The molecule has 0 saturated carbocycles. The monoisotopic (exact) mass is 268 g/mol. The molecule has 0 N–H and O–H groups in total. The van der Waals surface area contributed by atoms with Gasteiger partial charge < -0.3 is 4.74 Å². The molecular formula is C16H16N2O2. The molecule has 0 saturated heterocycles. The topological polar surface area (TPSA) is 63.0 Å². The molecular weight excluding hydrogens is 252 g/mol. The van der Waals surface area contributed by atoms with Crippen LogP contribution in [0, 0.1) is 18.3 Å². The molecule has 0 aliphatic heterocycles. The number of rotatable bonds is 3. The van der Waals surface area contributed by atoms with Crippen molar-refractivity contribution in [3.63, 3.8) is 0 Å². The zero-order valence-electron chi connectivity index (χ0n) is 11.8. The van der Waals surface area contributed by atoms with Crippen molar-refractivity contribution in [2.45, 2.75) is 26.2 Å². The van der Waals surface area contributed by atoms with Gasteiger partial charge in [-0.15, -0.1) is 0 Å². The van der Waals surface area contributed by atoms with E-state index in [1.807, 2.05) is 43.3 Å². The Morgan fingerprint density at radius 2 is 2.15 bits per heavy atom. The lowest BCUT2D eigenvalue weighted by atomic mass is 9.85. The van der Waals surface area contributed by atoms with E-state index in [4.69, 9.17) is 4.74 Å². The summed E-state index contributed by atoms with van der Waals surface area (Å²) in [6.45, 7) is 5.36. The summed E-state index contributed by atoms with van der Waals surface area (Å²) in [5, 5.41) is 10.4. The van der Waals surface area contributed by atoms with Gasteiger partial charge in [0.25, 0.3) is 0 Å². The number of benzene rings is 1. The minimum Gasteiger partial charge on any atom is -0.465 e. The zero-order chi connectivity index (χ0) is 14.8. The largest absolute Gasteiger partial charge is 0.465 e. The van der Waals surface area contributed by atoms with Crippen LogP contribution in [-0.2, 0) is 14.9 Å². The number of nitriles is 1. The Hall–Kier alpha value is -2.41. The third-order valence-electron chi connectivity index (χ3n) is 3.30. The summed E-state index contributed by atoms with van der Waals surface area (Å²) in [4.78, 5) is 16.6. The van der Waals surface area contributed by atoms with Crippen LogP contribution >= 0.6 is 0 Å². The summed E-state index contributed by atoms with van der Waals surface area (Å²) in [5.41, 5.74) is 0.640. The number of carbonyl (C=O) groups is 1. The molecule has 1 heterocycles. The van der Waals surface area contributed by atoms with E-state index in [-0.39, 0.29) is 6.61 Å². The lowest BCUT2D eigenvalue weighted by molar-refractivity contribution is -0.147. The average molecular weight is 268 g/mol. The van der Waals surface area contributed by atoms with Gasteiger partial charge in [0.2, 0.25) is 0 Å². The fourth-order valence-electron chi connectivity index (χ4n) is 2.20. The summed E-state index contributed by atoms with van der Waals surface area (Å²) in [5.74, 6) is -0.562. The Labute approximate surface area is 118 Å². The number of aromatic nitrogens is 1. The average Bonchev–Trinajstić information content (AvgIpc) is 2.46. The molecule has 4 heteroatoms. The van der Waals surface area contributed by atoms with Crippen LogP contribution in [0.5, 0.6) is 0 Å². The van der Waals surface area contributed by atoms with Crippen molar-refractivity contribution in [2.75, 3.05) is 6.61 Å². The number of ether oxygens (including phenoxy) is 1. The summed E-state index contributed by atoms with van der Waals surface area (Å²) < 4.78 is 5.02. The maximum Gasteiger partial charge on any atom is 0.332 e. The minimum absolute atomic E-state index is 0.239. The second-order valence-corrected chi connectivity index (χ2v) is 4.80. The minimum atomic E-state index is -1.38. The lowest BCUT2D eigenvalue weighted by Crippen LogP contribution is -2.34. The molecule has 0 bridgehead atoms. The maximum absolute atomic E-state index is 12.1. The van der Waals surface area contributed by atoms with Crippen molar-refractivity contribution in [1.82, 2.24) is 4.98 Å². The van der Waals surface area contributed by atoms with Crippen LogP contribution in [0.4, 0.5) is 0 Å². The van der Waals surface area contributed by atoms with Gasteiger partial charge in [0.05, 0.1) is 23.9 Å². The van der Waals surface area contributed by atoms with E-state index in [1.54, 1.807) is 13.8 Å². The smallest absolute Gasteiger partial charge is 0.332 e. The van der Waals surface area contributed by atoms with E-state index in [2.05, 4.69) is 4.98 Å². The Morgan fingerprint density at radius 3 is 2.80 bits per heavy atom. The molecule has 0 amide bonds. The van der Waals surface area contributed by atoms with Crippen LogP contribution in [0.15, 0.2) is 30.3 Å². The summed E-state index contributed by atoms with van der Waals surface area (Å²) in [6, 6.07) is 11.6. The maximum atomic E-state index is 12.1. The van der Waals surface area contributed by atoms with Crippen LogP contribution in [-0.4, -0.2) is 17.6 Å². The van der Waals surface area contributed by atoms with Crippen molar-refractivity contribution in [1.29, 1.82) is 5.26 Å². The van der Waals surface area contributed by atoms with Gasteiger partial charge in [-0.25, -0.2) is 4.79 Å². The van der Waals surface area contributed by atoms with Crippen LogP contribution < -0.4 is 0 Å². The third kappa shape index (κ3) is 2.23. The molecule has 0 spiro atoms. The van der Waals surface area contributed by atoms with E-state index < -0.39 is 11.4 Å². The normalized spacial score (nSPS) is 13.5. The number of hydrogen-bond acceptors (Lipinski definition) is 4. The van der Waals surface area contributed by atoms with Gasteiger partial charge in [-0.1, -0.05) is 18.2 Å². The molecule has 1 unspecified atom stereocenters. The van der Waals surface area contributed by atoms with Gasteiger partial charge in [-0.05, 0) is 38.5 Å². The number of carbonyl (C=O) groups excluding carboxylic acids is 1. The van der Waals surface area contributed by atoms with Gasteiger partial charge in [0.15, 0.2) is 5.41 Å². The first-order valence-electron chi connectivity index (χ1n) is 6.48. The molecule has 20 heavy (non-hydrogen) atoms. The SMILES string of the molecule is CCOC(=O)C(C)(C#N)c1nc2ccccc2cc1C. The van der Waals surface area contributed by atoms with Crippen LogP contribution in [0.25, 0.3) is 10.9 Å². The first-order valence-corrected chi connectivity index (χ1v) is 6.48. The molecule has 0 aliphatic carbocycles. The molecule has 1 aromatic heterocycles. The Balaban J connectivity index is 2.63. The van der Waals surface area contributed by atoms with E-state index in [0.717, 1.165) is 16.5 Å². The number of fused-ring (bicyclic) bond motifs is 1. The van der Waals surface area contributed by atoms with Crippen LogP contribution in [0.2, 0.25) is 0 Å². The molecule has 102 valence electrons. The number of nitrogens with zero attached hydrogens (tertiary/aromatic N) is 2. The van der Waals surface area contributed by atoms with E-state index in [9.17, 15) is 10.1 Å². The number of para-hydroxylation sites is 1. The Kier molecular flexibility index (Phi) is 3.71. The summed E-state index contributed by atoms with van der Waals surface area (Å²) in [7, 11) is 0. The predicted molar refractivity (Wildman–Crippen MR) is 76.1 cm³/mol. The number of aryl methyl sites for hydroxylation is 1. The van der Waals surface area contributed by atoms with E-state index >= 15 is 0 Å². The van der Waals surface area contributed by atoms with Crippen molar-refractivity contribution in [3.8, 4) is 6.07 Å². The van der Waals surface area contributed by atoms with Crippen LogP contribution in [0.3, 0.4) is 0 Å². The fourth-order valence-corrected chi connectivity index (χ4v) is 2.20. The molecule has 2 aromatic rings. The second kappa shape index (κ2) is 5.30. The summed E-state index contributed by atoms with van der Waals surface area (Å²) >= 11 is 0. The standard InChI is InChI=1S/C16H16N2O2/c1-4-20-15(19)16(3,10-17)14-11(2)9-12-7-5-6-8-13(12)18-14/h5-9H,4H2,1-3H3. The van der Waals surface area contributed by atoms with Gasteiger partial charge in [0, 0.05) is 5.39 Å². The fraction of sp³-hybridized carbons (Fsp3) is 0.312. The van der Waals surface area contributed by atoms with Crippen molar-refractivity contribution >= 4 is 16.9 Å². The molecule has 0 radical (unpaired) electrons.